The number of hydrogen-bond acceptors (Lipinski definition) is 6. The molecule has 2 atom stereocenters. The summed E-state index contributed by atoms with van der Waals surface area (Å²) in [5.41, 5.74) is 0. The van der Waals surface area contributed by atoms with Gasteiger partial charge in [-0.2, -0.15) is 0 Å². The molecule has 0 saturated heterocycles. The molecule has 8 nitrogen and oxygen atoms in total. The van der Waals surface area contributed by atoms with Crippen LogP contribution in [-0.4, -0.2) is 80.6 Å². The molecule has 2 unspecified atom stereocenters. The molecule has 0 fully saturated rings. The molecule has 0 saturated carbocycles. The molecular weight excluding hydrogens is 739 g/mol. The van der Waals surface area contributed by atoms with Crippen molar-refractivity contribution in [2.45, 2.75) is 154 Å². The summed E-state index contributed by atoms with van der Waals surface area (Å²) in [6.07, 6.45) is 55.7. The fourth-order valence-electron chi connectivity index (χ4n) is 5.81. The lowest BCUT2D eigenvalue weighted by Crippen LogP contribution is -2.50. The van der Waals surface area contributed by atoms with E-state index in [2.05, 4.69) is 123 Å². The first-order chi connectivity index (χ1) is 28.6. The summed E-state index contributed by atoms with van der Waals surface area (Å²) in [7, 11) is 5.49. The number of nitrogens with zero attached hydrogens (tertiary/aromatic N) is 1. The zero-order valence-electron chi connectivity index (χ0n) is 37.7. The van der Waals surface area contributed by atoms with E-state index in [4.69, 9.17) is 14.2 Å². The van der Waals surface area contributed by atoms with Crippen LogP contribution in [0.1, 0.15) is 142 Å². The average Bonchev–Trinajstić information content (AvgIpc) is 3.19. The first kappa shape index (κ1) is 55.0. The van der Waals surface area contributed by atoms with Crippen molar-refractivity contribution in [1.82, 2.24) is 0 Å². The molecule has 1 N–H and O–H groups in total. The summed E-state index contributed by atoms with van der Waals surface area (Å²) in [4.78, 5) is 37.0. The monoisotopic (exact) mass is 821 g/mol. The second-order valence-corrected chi connectivity index (χ2v) is 15.6. The molecule has 0 rings (SSSR count). The molecule has 0 radical (unpaired) electrons. The molecule has 0 aromatic carbocycles. The number of carbonyl (C=O) groups is 3. The second-order valence-electron chi connectivity index (χ2n) is 15.6. The van der Waals surface area contributed by atoms with Crippen LogP contribution in [0.25, 0.3) is 0 Å². The Kier molecular flexibility index (Phi) is 38.0. The van der Waals surface area contributed by atoms with E-state index < -0.39 is 18.1 Å². The van der Waals surface area contributed by atoms with Gasteiger partial charge in [0.05, 0.1) is 34.4 Å². The van der Waals surface area contributed by atoms with E-state index in [-0.39, 0.29) is 42.7 Å². The minimum absolute atomic E-state index is 0.0262. The average molecular weight is 821 g/mol. The lowest BCUT2D eigenvalue weighted by atomic mass is 10.1. The van der Waals surface area contributed by atoms with Crippen molar-refractivity contribution in [3.8, 4) is 0 Å². The van der Waals surface area contributed by atoms with E-state index in [0.29, 0.717) is 19.3 Å². The van der Waals surface area contributed by atoms with Gasteiger partial charge in [-0.25, -0.2) is 4.79 Å². The number of carboxylic acids is 1. The van der Waals surface area contributed by atoms with Crippen LogP contribution in [0.15, 0.2) is 109 Å². The number of esters is 2. The van der Waals surface area contributed by atoms with E-state index >= 15 is 0 Å². The highest BCUT2D eigenvalue weighted by molar-refractivity contribution is 5.72. The van der Waals surface area contributed by atoms with Gasteiger partial charge in [-0.1, -0.05) is 155 Å². The topological polar surface area (TPSA) is 99.1 Å². The van der Waals surface area contributed by atoms with Gasteiger partial charge >= 0.3 is 17.9 Å². The molecule has 0 aromatic rings. The predicted molar refractivity (Wildman–Crippen MR) is 247 cm³/mol. The quantitative estimate of drug-likeness (QED) is 0.0218. The predicted octanol–water partition coefficient (Wildman–Crippen LogP) is 12.5. The molecule has 0 aliphatic heterocycles. The van der Waals surface area contributed by atoms with Gasteiger partial charge in [0.2, 0.25) is 0 Å². The van der Waals surface area contributed by atoms with Crippen molar-refractivity contribution in [3.05, 3.63) is 109 Å². The zero-order chi connectivity index (χ0) is 43.5. The molecule has 0 heterocycles. The highest BCUT2D eigenvalue weighted by Gasteiger charge is 2.31. The van der Waals surface area contributed by atoms with Gasteiger partial charge in [0.15, 0.2) is 12.1 Å². The van der Waals surface area contributed by atoms with Crippen molar-refractivity contribution in [3.63, 3.8) is 0 Å². The van der Waals surface area contributed by atoms with E-state index in [0.717, 1.165) is 83.5 Å². The van der Waals surface area contributed by atoms with Crippen molar-refractivity contribution >= 4 is 17.9 Å². The van der Waals surface area contributed by atoms with E-state index in [9.17, 15) is 19.5 Å². The van der Waals surface area contributed by atoms with Crippen LogP contribution in [0.2, 0.25) is 0 Å². The fraction of sp³-hybridized carbons (Fsp3) is 0.588. The Morgan fingerprint density at radius 2 is 1.00 bits per heavy atom. The Balaban J connectivity index is 4.49. The number of quaternary nitrogens is 1. The van der Waals surface area contributed by atoms with E-state index in [1.807, 2.05) is 21.1 Å². The lowest BCUT2D eigenvalue weighted by molar-refractivity contribution is -0.887. The van der Waals surface area contributed by atoms with Gasteiger partial charge in [-0.15, -0.1) is 0 Å². The van der Waals surface area contributed by atoms with Crippen molar-refractivity contribution < 1.29 is 38.2 Å². The van der Waals surface area contributed by atoms with Gasteiger partial charge in [0, 0.05) is 19.3 Å². The second kappa shape index (κ2) is 40.8. The Labute approximate surface area is 359 Å². The molecule has 0 aliphatic rings. The Hall–Kier alpha value is -4.01. The number of aliphatic carboxylic acids is 1. The smallest absolute Gasteiger partial charge is 0.362 e. The number of carboxylic acid groups (broad SMARTS) is 1. The normalized spacial score (nSPS) is 14.0. The van der Waals surface area contributed by atoms with Crippen LogP contribution in [0, 0.1) is 0 Å². The van der Waals surface area contributed by atoms with Crippen LogP contribution >= 0.6 is 0 Å². The number of hydrogen-bond donors (Lipinski definition) is 1. The third-order valence-corrected chi connectivity index (χ3v) is 9.23. The molecular formula is C51H82NO7+. The summed E-state index contributed by atoms with van der Waals surface area (Å²) in [6, 6.07) is -0.634. The number of likely N-dealkylation sites (N-methyl/N-ethyl adjacent to an activating group) is 1. The SMILES string of the molecule is CC/C=C/C=C/C=C/CCCCCCCCCC(=O)OCC(COCCC(C(=O)O)[N+](C)(C)C)OC(=O)CCC/C=C/C/C=C/C/C=C/C/C=C/C/C=C/C/C=C/CC. The number of ether oxygens (including phenoxy) is 3. The summed E-state index contributed by atoms with van der Waals surface area (Å²) in [5, 5.41) is 9.62. The molecule has 0 amide bonds. The van der Waals surface area contributed by atoms with Crippen LogP contribution in [0.3, 0.4) is 0 Å². The Morgan fingerprint density at radius 3 is 1.54 bits per heavy atom. The van der Waals surface area contributed by atoms with E-state index in [1.165, 1.54) is 19.3 Å². The maximum absolute atomic E-state index is 12.7. The third-order valence-electron chi connectivity index (χ3n) is 9.23. The largest absolute Gasteiger partial charge is 0.477 e. The summed E-state index contributed by atoms with van der Waals surface area (Å²) in [5.74, 6) is -1.58. The molecule has 0 bridgehead atoms. The number of rotatable bonds is 38. The maximum Gasteiger partial charge on any atom is 0.362 e. The Bertz CT molecular complexity index is 1330. The van der Waals surface area contributed by atoms with Crippen LogP contribution in [0.4, 0.5) is 0 Å². The van der Waals surface area contributed by atoms with Gasteiger partial charge in [0.1, 0.15) is 6.61 Å². The minimum Gasteiger partial charge on any atom is -0.477 e. The zero-order valence-corrected chi connectivity index (χ0v) is 37.7. The van der Waals surface area contributed by atoms with Crippen LogP contribution < -0.4 is 0 Å². The molecule has 332 valence electrons. The third kappa shape index (κ3) is 39.2. The van der Waals surface area contributed by atoms with Gasteiger partial charge in [-0.05, 0) is 77.0 Å². The minimum atomic E-state index is -0.891. The molecule has 0 aromatic heterocycles. The van der Waals surface area contributed by atoms with Crippen molar-refractivity contribution in [2.24, 2.45) is 0 Å². The first-order valence-corrected chi connectivity index (χ1v) is 22.5. The van der Waals surface area contributed by atoms with Gasteiger partial charge in [0.25, 0.3) is 0 Å². The fourth-order valence-corrected chi connectivity index (χ4v) is 5.81. The van der Waals surface area contributed by atoms with Crippen molar-refractivity contribution in [1.29, 1.82) is 0 Å². The Morgan fingerprint density at radius 1 is 0.525 bits per heavy atom. The van der Waals surface area contributed by atoms with Crippen molar-refractivity contribution in [2.75, 3.05) is 41.0 Å². The maximum atomic E-state index is 12.7. The summed E-state index contributed by atoms with van der Waals surface area (Å²) >= 11 is 0. The van der Waals surface area contributed by atoms with E-state index in [1.54, 1.807) is 0 Å². The summed E-state index contributed by atoms with van der Waals surface area (Å²) in [6.45, 7) is 4.39. The highest BCUT2D eigenvalue weighted by atomic mass is 16.6. The molecule has 8 heteroatoms. The lowest BCUT2D eigenvalue weighted by Gasteiger charge is -2.31. The number of unbranched alkanes of at least 4 members (excludes halogenated alkanes) is 8. The van der Waals surface area contributed by atoms with Crippen LogP contribution in [0.5, 0.6) is 0 Å². The van der Waals surface area contributed by atoms with Gasteiger partial charge in [-0.3, -0.25) is 9.59 Å². The number of carbonyl (C=O) groups excluding carboxylic acids is 2. The molecule has 0 spiro atoms. The van der Waals surface area contributed by atoms with Gasteiger partial charge < -0.3 is 23.8 Å². The molecule has 0 aliphatic carbocycles. The van der Waals surface area contributed by atoms with Crippen LogP contribution in [-0.2, 0) is 28.6 Å². The molecule has 59 heavy (non-hydrogen) atoms. The standard InChI is InChI=1S/C51H81NO7/c1-6-8-10-12-14-16-18-20-22-23-24-25-26-28-30-32-34-36-38-40-42-50(54)59-47(45-57-44-43-48(51(55)56)52(3,4)5)46-58-49(53)41-39-37-35-33-31-29-27-21-19-17-15-13-11-9-7-2/h8-11,13-17,19-20,22,24-25,28,30,34,36,47-48H,6-7,12,18,21,23,26-27,29,31-33,35,37-46H2,1-5H3/p+1/b10-8+,11-9+,15-13+,16-14+,19-17+,22-20+,25-24+,30-28+,36-34+. The first-order valence-electron chi connectivity index (χ1n) is 22.5. The highest BCUT2D eigenvalue weighted by Crippen LogP contribution is 2.12. The number of allylic oxidation sites excluding steroid dienone is 18. The summed E-state index contributed by atoms with van der Waals surface area (Å²) < 4.78 is 17.2.